The van der Waals surface area contributed by atoms with Gasteiger partial charge in [-0.2, -0.15) is 0 Å². The summed E-state index contributed by atoms with van der Waals surface area (Å²) in [6.07, 6.45) is 2.71. The van der Waals surface area contributed by atoms with Crippen molar-refractivity contribution in [1.29, 1.82) is 0 Å². The number of nitrogens with one attached hydrogen (secondary N) is 2. The van der Waals surface area contributed by atoms with Crippen LogP contribution in [-0.4, -0.2) is 25.1 Å². The van der Waals surface area contributed by atoms with Gasteiger partial charge in [0.1, 0.15) is 5.69 Å². The second kappa shape index (κ2) is 5.79. The van der Waals surface area contributed by atoms with Crippen molar-refractivity contribution in [3.63, 3.8) is 0 Å². The van der Waals surface area contributed by atoms with Crippen LogP contribution in [0.15, 0.2) is 36.5 Å². The number of rotatable bonds is 4. The van der Waals surface area contributed by atoms with Gasteiger partial charge in [-0.25, -0.2) is 8.42 Å². The van der Waals surface area contributed by atoms with E-state index in [1.165, 1.54) is 0 Å². The second-order valence-electron chi connectivity index (χ2n) is 4.56. The first-order valence-electron chi connectivity index (χ1n) is 5.96. The number of carbonyl (C=O) groups is 1. The van der Waals surface area contributed by atoms with Crippen molar-refractivity contribution < 1.29 is 13.2 Å². The van der Waals surface area contributed by atoms with Gasteiger partial charge in [0.2, 0.25) is 10.0 Å². The van der Waals surface area contributed by atoms with Gasteiger partial charge >= 0.3 is 0 Å². The normalized spacial score (nSPS) is 11.2. The Morgan fingerprint density at radius 3 is 2.24 bits per heavy atom. The van der Waals surface area contributed by atoms with Crippen molar-refractivity contribution >= 4 is 38.9 Å². The van der Waals surface area contributed by atoms with E-state index in [0.717, 1.165) is 6.26 Å². The van der Waals surface area contributed by atoms with Gasteiger partial charge < -0.3 is 9.88 Å². The maximum absolute atomic E-state index is 12.1. The van der Waals surface area contributed by atoms with E-state index in [9.17, 15) is 13.2 Å². The van der Waals surface area contributed by atoms with Crippen LogP contribution in [0, 0.1) is 0 Å². The summed E-state index contributed by atoms with van der Waals surface area (Å²) in [5.41, 5.74) is 1.41. The van der Waals surface area contributed by atoms with Crippen molar-refractivity contribution in [3.05, 3.63) is 47.2 Å². The summed E-state index contributed by atoms with van der Waals surface area (Å²) >= 11 is 5.83. The van der Waals surface area contributed by atoms with Crippen molar-refractivity contribution in [2.75, 3.05) is 16.3 Å². The summed E-state index contributed by atoms with van der Waals surface area (Å²) in [5, 5.41) is 3.19. The maximum Gasteiger partial charge on any atom is 0.272 e. The van der Waals surface area contributed by atoms with E-state index in [2.05, 4.69) is 10.0 Å². The highest BCUT2D eigenvalue weighted by Crippen LogP contribution is 2.17. The molecule has 0 radical (unpaired) electrons. The number of hydrogen-bond donors (Lipinski definition) is 2. The molecule has 2 aromatic rings. The van der Waals surface area contributed by atoms with Crippen LogP contribution in [0.4, 0.5) is 11.4 Å². The predicted molar refractivity (Wildman–Crippen MR) is 83.3 cm³/mol. The third-order valence-corrected chi connectivity index (χ3v) is 3.46. The monoisotopic (exact) mass is 327 g/mol. The predicted octanol–water partition coefficient (Wildman–Crippen LogP) is 2.30. The molecule has 21 heavy (non-hydrogen) atoms. The Hall–Kier alpha value is -1.99. The Balaban J connectivity index is 2.10. The van der Waals surface area contributed by atoms with E-state index < -0.39 is 10.0 Å². The van der Waals surface area contributed by atoms with Gasteiger partial charge in [0.25, 0.3) is 5.91 Å². The fourth-order valence-electron chi connectivity index (χ4n) is 1.78. The van der Waals surface area contributed by atoms with Gasteiger partial charge in [-0.05, 0) is 30.3 Å². The lowest BCUT2D eigenvalue weighted by atomic mass is 10.3. The number of hydrogen-bond acceptors (Lipinski definition) is 3. The number of carbonyl (C=O) groups excluding carboxylic acids is 1. The molecule has 0 aliphatic heterocycles. The van der Waals surface area contributed by atoms with Crippen LogP contribution >= 0.6 is 11.6 Å². The van der Waals surface area contributed by atoms with Gasteiger partial charge in [0.05, 0.1) is 11.3 Å². The molecule has 0 fully saturated rings. The fourth-order valence-corrected chi connectivity index (χ4v) is 2.59. The van der Waals surface area contributed by atoms with Crippen LogP contribution in [0.5, 0.6) is 0 Å². The molecule has 8 heteroatoms. The Morgan fingerprint density at radius 1 is 1.19 bits per heavy atom. The van der Waals surface area contributed by atoms with E-state index >= 15 is 0 Å². The quantitative estimate of drug-likeness (QED) is 0.904. The number of aryl methyl sites for hydroxylation is 1. The van der Waals surface area contributed by atoms with Gasteiger partial charge in [-0.3, -0.25) is 9.52 Å². The first-order valence-corrected chi connectivity index (χ1v) is 8.22. The second-order valence-corrected chi connectivity index (χ2v) is 6.75. The average Bonchev–Trinajstić information content (AvgIpc) is 2.69. The summed E-state index contributed by atoms with van der Waals surface area (Å²) in [4.78, 5) is 12.1. The molecule has 1 amide bonds. The number of amides is 1. The lowest BCUT2D eigenvalue weighted by Crippen LogP contribution is -2.15. The summed E-state index contributed by atoms with van der Waals surface area (Å²) in [7, 11) is -1.59. The van der Waals surface area contributed by atoms with Gasteiger partial charge in [-0.1, -0.05) is 11.6 Å². The van der Waals surface area contributed by atoms with E-state index in [-0.39, 0.29) is 5.91 Å². The maximum atomic E-state index is 12.1. The van der Waals surface area contributed by atoms with E-state index in [0.29, 0.717) is 22.1 Å². The number of anilines is 2. The number of aromatic nitrogens is 1. The molecule has 0 bridgehead atoms. The van der Waals surface area contributed by atoms with Crippen LogP contribution in [0.3, 0.4) is 0 Å². The standard InChI is InChI=1S/C13H14ClN3O3S/c1-17-8-9(14)7-12(17)13(18)15-10-3-5-11(6-4-10)16-21(2,19)20/h3-8,16H,1-2H3,(H,15,18). The molecule has 1 heterocycles. The molecule has 2 rings (SSSR count). The van der Waals surface area contributed by atoms with E-state index in [4.69, 9.17) is 11.6 Å². The van der Waals surface area contributed by atoms with Crippen LogP contribution in [0.2, 0.25) is 5.02 Å². The molecule has 0 atom stereocenters. The summed E-state index contributed by atoms with van der Waals surface area (Å²) in [5.74, 6) is -0.298. The largest absolute Gasteiger partial charge is 0.345 e. The molecule has 0 saturated carbocycles. The lowest BCUT2D eigenvalue weighted by Gasteiger charge is -2.08. The Bertz CT molecular complexity index is 766. The minimum absolute atomic E-state index is 0.298. The number of sulfonamides is 1. The highest BCUT2D eigenvalue weighted by Gasteiger charge is 2.11. The molecule has 0 aliphatic carbocycles. The summed E-state index contributed by atoms with van der Waals surface area (Å²) < 4.78 is 26.2. The number of nitrogens with zero attached hydrogens (tertiary/aromatic N) is 1. The molecule has 1 aromatic carbocycles. The molecular weight excluding hydrogens is 314 g/mol. The first-order chi connectivity index (χ1) is 9.74. The molecule has 112 valence electrons. The van der Waals surface area contributed by atoms with Crippen LogP contribution < -0.4 is 10.0 Å². The molecule has 2 N–H and O–H groups in total. The van der Waals surface area contributed by atoms with Crippen LogP contribution in [-0.2, 0) is 17.1 Å². The highest BCUT2D eigenvalue weighted by molar-refractivity contribution is 7.92. The third-order valence-electron chi connectivity index (χ3n) is 2.65. The molecule has 0 unspecified atom stereocenters. The zero-order valence-electron chi connectivity index (χ0n) is 11.4. The number of benzene rings is 1. The average molecular weight is 328 g/mol. The molecule has 0 aliphatic rings. The summed E-state index contributed by atoms with van der Waals surface area (Å²) in [6, 6.07) is 7.91. The highest BCUT2D eigenvalue weighted by atomic mass is 35.5. The van der Waals surface area contributed by atoms with Gasteiger partial charge in [-0.15, -0.1) is 0 Å². The van der Waals surface area contributed by atoms with Gasteiger partial charge in [0.15, 0.2) is 0 Å². The fraction of sp³-hybridized carbons (Fsp3) is 0.154. The van der Waals surface area contributed by atoms with Crippen LogP contribution in [0.25, 0.3) is 0 Å². The summed E-state index contributed by atoms with van der Waals surface area (Å²) in [6.45, 7) is 0. The smallest absolute Gasteiger partial charge is 0.272 e. The van der Waals surface area contributed by atoms with E-state index in [1.807, 2.05) is 0 Å². The Morgan fingerprint density at radius 2 is 1.76 bits per heavy atom. The number of halogens is 1. The minimum Gasteiger partial charge on any atom is -0.345 e. The van der Waals surface area contributed by atoms with Crippen molar-refractivity contribution in [3.8, 4) is 0 Å². The minimum atomic E-state index is -3.31. The zero-order chi connectivity index (χ0) is 15.6. The zero-order valence-corrected chi connectivity index (χ0v) is 13.0. The van der Waals surface area contributed by atoms with Crippen molar-refractivity contribution in [1.82, 2.24) is 4.57 Å². The first kappa shape index (κ1) is 15.4. The van der Waals surface area contributed by atoms with Crippen molar-refractivity contribution in [2.24, 2.45) is 7.05 Å². The molecule has 0 spiro atoms. The molecule has 6 nitrogen and oxygen atoms in total. The van der Waals surface area contributed by atoms with Crippen molar-refractivity contribution in [2.45, 2.75) is 0 Å². The van der Waals surface area contributed by atoms with E-state index in [1.54, 1.807) is 48.1 Å². The Labute approximate surface area is 127 Å². The van der Waals surface area contributed by atoms with Gasteiger partial charge in [0, 0.05) is 24.6 Å². The SMILES string of the molecule is Cn1cc(Cl)cc1C(=O)Nc1ccc(NS(C)(=O)=O)cc1. The topological polar surface area (TPSA) is 80.2 Å². The molecule has 1 aromatic heterocycles. The molecular formula is C13H14ClN3O3S. The Kier molecular flexibility index (Phi) is 4.24. The lowest BCUT2D eigenvalue weighted by molar-refractivity contribution is 0.101. The van der Waals surface area contributed by atoms with Crippen LogP contribution in [0.1, 0.15) is 10.5 Å². The third kappa shape index (κ3) is 4.24. The molecule has 0 saturated heterocycles.